The van der Waals surface area contributed by atoms with Gasteiger partial charge in [0, 0.05) is 12.5 Å². The lowest BCUT2D eigenvalue weighted by atomic mass is 9.97. The molecule has 2 aromatic carbocycles. The highest BCUT2D eigenvalue weighted by Crippen LogP contribution is 2.27. The molecule has 2 atom stereocenters. The highest BCUT2D eigenvalue weighted by atomic mass is 16.5. The third-order valence-corrected chi connectivity index (χ3v) is 4.71. The first kappa shape index (κ1) is 19.6. The van der Waals surface area contributed by atoms with Crippen molar-refractivity contribution in [2.24, 2.45) is 5.92 Å². The van der Waals surface area contributed by atoms with E-state index in [1.807, 2.05) is 31.2 Å². The Balaban J connectivity index is 1.52. The molecule has 2 aromatic rings. The molecular weight excluding hydrogens is 358 g/mol. The van der Waals surface area contributed by atoms with E-state index in [0.717, 1.165) is 16.9 Å². The number of esters is 1. The van der Waals surface area contributed by atoms with E-state index < -0.39 is 11.9 Å². The monoisotopic (exact) mass is 381 g/mol. The van der Waals surface area contributed by atoms with Crippen LogP contribution in [0.2, 0.25) is 0 Å². The normalized spacial score (nSPS) is 16.3. The molecule has 0 bridgehead atoms. The van der Waals surface area contributed by atoms with Crippen LogP contribution in [0.25, 0.3) is 0 Å². The number of ether oxygens (including phenoxy) is 2. The summed E-state index contributed by atoms with van der Waals surface area (Å²) >= 11 is 0. The maximum atomic E-state index is 12.3. The van der Waals surface area contributed by atoms with Gasteiger partial charge in [-0.1, -0.05) is 42.5 Å². The van der Waals surface area contributed by atoms with Gasteiger partial charge in [0.05, 0.1) is 12.0 Å². The van der Waals surface area contributed by atoms with Crippen molar-refractivity contribution in [3.8, 4) is 5.75 Å². The van der Waals surface area contributed by atoms with Crippen LogP contribution in [-0.4, -0.2) is 30.9 Å². The Kier molecular flexibility index (Phi) is 6.09. The number of benzene rings is 2. The summed E-state index contributed by atoms with van der Waals surface area (Å²) in [5.74, 6) is -0.448. The number of ketones is 1. The van der Waals surface area contributed by atoms with Crippen molar-refractivity contribution in [1.82, 2.24) is 5.32 Å². The Labute approximate surface area is 163 Å². The molecule has 0 aromatic heterocycles. The van der Waals surface area contributed by atoms with E-state index >= 15 is 0 Å². The van der Waals surface area contributed by atoms with E-state index in [4.69, 9.17) is 9.47 Å². The molecule has 1 aliphatic heterocycles. The summed E-state index contributed by atoms with van der Waals surface area (Å²) in [5.41, 5.74) is 2.31. The first-order valence-electron chi connectivity index (χ1n) is 9.21. The van der Waals surface area contributed by atoms with Gasteiger partial charge in [-0.05, 0) is 30.5 Å². The van der Waals surface area contributed by atoms with Crippen molar-refractivity contribution in [2.75, 3.05) is 13.2 Å². The van der Waals surface area contributed by atoms with E-state index in [0.29, 0.717) is 12.0 Å². The first-order valence-corrected chi connectivity index (χ1v) is 9.21. The average Bonchev–Trinajstić information content (AvgIpc) is 2.71. The summed E-state index contributed by atoms with van der Waals surface area (Å²) < 4.78 is 10.8. The second-order valence-electron chi connectivity index (χ2n) is 6.89. The van der Waals surface area contributed by atoms with Crippen LogP contribution in [0.5, 0.6) is 5.75 Å². The van der Waals surface area contributed by atoms with E-state index in [-0.39, 0.29) is 30.9 Å². The lowest BCUT2D eigenvalue weighted by Gasteiger charge is -2.23. The predicted molar refractivity (Wildman–Crippen MR) is 103 cm³/mol. The van der Waals surface area contributed by atoms with Crippen molar-refractivity contribution in [3.05, 3.63) is 65.2 Å². The third-order valence-electron chi connectivity index (χ3n) is 4.71. The molecule has 146 valence electrons. The number of carbonyl (C=O) groups excluding carboxylic acids is 3. The van der Waals surface area contributed by atoms with E-state index in [1.54, 1.807) is 24.3 Å². The van der Waals surface area contributed by atoms with Gasteiger partial charge < -0.3 is 14.8 Å². The molecule has 3 rings (SSSR count). The maximum absolute atomic E-state index is 12.3. The molecular formula is C22H23NO5. The Morgan fingerprint density at radius 3 is 2.57 bits per heavy atom. The molecule has 0 saturated heterocycles. The highest BCUT2D eigenvalue weighted by Gasteiger charge is 2.27. The molecule has 1 aliphatic rings. The zero-order chi connectivity index (χ0) is 20.1. The molecule has 0 saturated carbocycles. The molecule has 0 aliphatic carbocycles. The van der Waals surface area contributed by atoms with E-state index in [9.17, 15) is 14.4 Å². The molecule has 0 unspecified atom stereocenters. The second kappa shape index (κ2) is 8.69. The number of carbonyl (C=O) groups is 3. The van der Waals surface area contributed by atoms with E-state index in [1.165, 1.54) is 6.92 Å². The van der Waals surface area contributed by atoms with Gasteiger partial charge in [-0.25, -0.2) is 0 Å². The van der Waals surface area contributed by atoms with Crippen LogP contribution in [0.1, 0.15) is 41.4 Å². The summed E-state index contributed by atoms with van der Waals surface area (Å²) in [5, 5.41) is 2.79. The number of hydrogen-bond acceptors (Lipinski definition) is 5. The SMILES string of the molecule is CC(=O)N[C@H](C)c1ccc(C(=O)COC(=O)[C@H]2COc3ccccc3C2)cc1. The molecule has 6 heteroatoms. The standard InChI is InChI=1S/C22H23NO5/c1-14(23-15(2)24)16-7-9-17(10-8-16)20(25)13-28-22(26)19-11-18-5-3-4-6-21(18)27-12-19/h3-10,14,19H,11-13H2,1-2H3,(H,23,24)/t14-,19-/m1/s1. The Bertz CT molecular complexity index is 875. The van der Waals surface area contributed by atoms with Crippen molar-refractivity contribution >= 4 is 17.7 Å². The summed E-state index contributed by atoms with van der Waals surface area (Å²) in [7, 11) is 0. The van der Waals surface area contributed by atoms with Crippen LogP contribution in [0.4, 0.5) is 0 Å². The number of para-hydroxylation sites is 1. The minimum absolute atomic E-state index is 0.117. The van der Waals surface area contributed by atoms with Crippen molar-refractivity contribution in [3.63, 3.8) is 0 Å². The van der Waals surface area contributed by atoms with Crippen LogP contribution in [0.15, 0.2) is 48.5 Å². The Hall–Kier alpha value is -3.15. The summed E-state index contributed by atoms with van der Waals surface area (Å²) in [6.07, 6.45) is 0.541. The quantitative estimate of drug-likeness (QED) is 0.615. The molecule has 1 heterocycles. The summed E-state index contributed by atoms with van der Waals surface area (Å²) in [6, 6.07) is 14.3. The molecule has 0 radical (unpaired) electrons. The Morgan fingerprint density at radius 1 is 1.14 bits per heavy atom. The van der Waals surface area contributed by atoms with Gasteiger partial charge in [0.25, 0.3) is 0 Å². The summed E-state index contributed by atoms with van der Waals surface area (Å²) in [6.45, 7) is 3.26. The van der Waals surface area contributed by atoms with Crippen LogP contribution >= 0.6 is 0 Å². The highest BCUT2D eigenvalue weighted by molar-refractivity contribution is 5.98. The largest absolute Gasteiger partial charge is 0.492 e. The molecule has 0 fully saturated rings. The second-order valence-corrected chi connectivity index (χ2v) is 6.89. The van der Waals surface area contributed by atoms with Crippen LogP contribution in [-0.2, 0) is 20.7 Å². The van der Waals surface area contributed by atoms with Crippen LogP contribution < -0.4 is 10.1 Å². The zero-order valence-electron chi connectivity index (χ0n) is 15.9. The molecule has 0 spiro atoms. The lowest BCUT2D eigenvalue weighted by molar-refractivity contribution is -0.148. The Morgan fingerprint density at radius 2 is 1.86 bits per heavy atom. The zero-order valence-corrected chi connectivity index (χ0v) is 15.9. The van der Waals surface area contributed by atoms with Gasteiger partial charge in [-0.3, -0.25) is 14.4 Å². The minimum atomic E-state index is -0.432. The maximum Gasteiger partial charge on any atom is 0.313 e. The molecule has 1 N–H and O–H groups in total. The van der Waals surface area contributed by atoms with Gasteiger partial charge in [0.1, 0.15) is 12.4 Å². The number of rotatable bonds is 6. The predicted octanol–water partition coefficient (Wildman–Crippen LogP) is 2.86. The first-order chi connectivity index (χ1) is 13.4. The van der Waals surface area contributed by atoms with Gasteiger partial charge in [-0.15, -0.1) is 0 Å². The topological polar surface area (TPSA) is 81.7 Å². The fourth-order valence-electron chi connectivity index (χ4n) is 3.16. The number of fused-ring (bicyclic) bond motifs is 1. The fourth-order valence-corrected chi connectivity index (χ4v) is 3.16. The number of Topliss-reactive ketones (excluding diaryl/α,β-unsaturated/α-hetero) is 1. The summed E-state index contributed by atoms with van der Waals surface area (Å²) in [4.78, 5) is 35.7. The smallest absolute Gasteiger partial charge is 0.313 e. The molecule has 6 nitrogen and oxygen atoms in total. The van der Waals surface area contributed by atoms with Crippen LogP contribution in [0, 0.1) is 5.92 Å². The van der Waals surface area contributed by atoms with Gasteiger partial charge >= 0.3 is 5.97 Å². The fraction of sp³-hybridized carbons (Fsp3) is 0.318. The van der Waals surface area contributed by atoms with Gasteiger partial charge in [0.2, 0.25) is 5.91 Å². The van der Waals surface area contributed by atoms with Crippen LogP contribution in [0.3, 0.4) is 0 Å². The molecule has 28 heavy (non-hydrogen) atoms. The number of amides is 1. The minimum Gasteiger partial charge on any atom is -0.492 e. The average molecular weight is 381 g/mol. The van der Waals surface area contributed by atoms with Crippen molar-refractivity contribution in [1.29, 1.82) is 0 Å². The lowest BCUT2D eigenvalue weighted by Crippen LogP contribution is -2.31. The van der Waals surface area contributed by atoms with Crippen molar-refractivity contribution < 1.29 is 23.9 Å². The third kappa shape index (κ3) is 4.76. The van der Waals surface area contributed by atoms with Crippen molar-refractivity contribution in [2.45, 2.75) is 26.3 Å². The van der Waals surface area contributed by atoms with Gasteiger partial charge in [0.15, 0.2) is 12.4 Å². The number of hydrogen-bond donors (Lipinski definition) is 1. The molecule has 1 amide bonds. The van der Waals surface area contributed by atoms with Gasteiger partial charge in [-0.2, -0.15) is 0 Å². The van der Waals surface area contributed by atoms with E-state index in [2.05, 4.69) is 5.32 Å². The number of nitrogens with one attached hydrogen (secondary N) is 1.